The van der Waals surface area contributed by atoms with E-state index in [2.05, 4.69) is 44.9 Å². The van der Waals surface area contributed by atoms with Gasteiger partial charge >= 0.3 is 6.09 Å². The monoisotopic (exact) mass is 435 g/mol. The molecular weight excluding hydrogens is 394 g/mol. The first-order chi connectivity index (χ1) is 14.4. The van der Waals surface area contributed by atoms with E-state index in [1.54, 1.807) is 9.58 Å². The van der Waals surface area contributed by atoms with E-state index in [4.69, 9.17) is 4.74 Å². The molecule has 1 saturated heterocycles. The van der Waals surface area contributed by atoms with E-state index in [-0.39, 0.29) is 24.0 Å². The Morgan fingerprint density at radius 2 is 1.65 bits per heavy atom. The molecule has 0 bridgehead atoms. The lowest BCUT2D eigenvalue weighted by Gasteiger charge is -2.37. The van der Waals surface area contributed by atoms with Crippen molar-refractivity contribution >= 4 is 12.0 Å². The fourth-order valence-electron chi connectivity index (χ4n) is 3.94. The molecule has 1 fully saturated rings. The second kappa shape index (κ2) is 10.5. The topological polar surface area (TPSA) is 80.6 Å². The maximum absolute atomic E-state index is 13.5. The molecule has 8 nitrogen and oxygen atoms in total. The number of aromatic nitrogens is 3. The van der Waals surface area contributed by atoms with Gasteiger partial charge in [-0.15, -0.1) is 5.10 Å². The molecule has 2 heterocycles. The number of piperazine rings is 1. The highest BCUT2D eigenvalue weighted by molar-refractivity contribution is 5.81. The standard InChI is InChI=1S/C23H41N5O3/c1-9-17(4)20(28-15-19(24-25-28)18(5)14-16(2)3)21(29)26-10-12-27(13-11-26)22(30)31-23(6,7)8/h15-18,20H,9-14H2,1-8H3/t17-,18-,20-/m0/s1. The van der Waals surface area contributed by atoms with Crippen molar-refractivity contribution in [1.29, 1.82) is 0 Å². The van der Waals surface area contributed by atoms with Crippen molar-refractivity contribution in [3.05, 3.63) is 11.9 Å². The lowest BCUT2D eigenvalue weighted by atomic mass is 9.96. The molecule has 1 aliphatic heterocycles. The average Bonchev–Trinajstić information content (AvgIpc) is 3.16. The average molecular weight is 436 g/mol. The first-order valence-corrected chi connectivity index (χ1v) is 11.6. The molecule has 0 aromatic carbocycles. The van der Waals surface area contributed by atoms with E-state index >= 15 is 0 Å². The molecule has 8 heteroatoms. The summed E-state index contributed by atoms with van der Waals surface area (Å²) in [5.74, 6) is 1.06. The van der Waals surface area contributed by atoms with Crippen LogP contribution in [0.2, 0.25) is 0 Å². The lowest BCUT2D eigenvalue weighted by molar-refractivity contribution is -0.138. The van der Waals surface area contributed by atoms with Gasteiger partial charge in [-0.1, -0.05) is 46.3 Å². The molecule has 1 aromatic heterocycles. The zero-order valence-corrected chi connectivity index (χ0v) is 20.6. The Hall–Kier alpha value is -2.12. The van der Waals surface area contributed by atoms with Crippen molar-refractivity contribution in [1.82, 2.24) is 24.8 Å². The number of hydrogen-bond acceptors (Lipinski definition) is 5. The number of rotatable bonds is 7. The highest BCUT2D eigenvalue weighted by Gasteiger charge is 2.34. The summed E-state index contributed by atoms with van der Waals surface area (Å²) < 4.78 is 7.21. The van der Waals surface area contributed by atoms with Crippen LogP contribution >= 0.6 is 0 Å². The van der Waals surface area contributed by atoms with Gasteiger partial charge < -0.3 is 14.5 Å². The quantitative estimate of drug-likeness (QED) is 0.644. The summed E-state index contributed by atoms with van der Waals surface area (Å²) in [6, 6.07) is -0.384. The smallest absolute Gasteiger partial charge is 0.410 e. The van der Waals surface area contributed by atoms with Gasteiger partial charge in [0.05, 0.1) is 5.69 Å². The van der Waals surface area contributed by atoms with Crippen LogP contribution in [0.4, 0.5) is 4.79 Å². The molecule has 2 amide bonds. The van der Waals surface area contributed by atoms with Gasteiger partial charge in [-0.2, -0.15) is 0 Å². The Labute approximate surface area is 187 Å². The first kappa shape index (κ1) is 25.1. The summed E-state index contributed by atoms with van der Waals surface area (Å²) in [6.45, 7) is 18.2. The third-order valence-electron chi connectivity index (χ3n) is 5.82. The maximum atomic E-state index is 13.5. The second-order valence-electron chi connectivity index (χ2n) is 10.3. The molecule has 31 heavy (non-hydrogen) atoms. The van der Waals surface area contributed by atoms with E-state index < -0.39 is 5.60 Å². The summed E-state index contributed by atoms with van der Waals surface area (Å²) in [4.78, 5) is 29.3. The Morgan fingerprint density at radius 3 is 2.16 bits per heavy atom. The predicted octanol–water partition coefficient (Wildman–Crippen LogP) is 4.09. The Bertz CT molecular complexity index is 732. The molecule has 2 rings (SSSR count). The van der Waals surface area contributed by atoms with Crippen molar-refractivity contribution in [3.63, 3.8) is 0 Å². The SMILES string of the molecule is CC[C@H](C)[C@@H](C(=O)N1CCN(C(=O)OC(C)(C)C)CC1)n1cc([C@@H](C)CC(C)C)nn1. The predicted molar refractivity (Wildman–Crippen MR) is 121 cm³/mol. The van der Waals surface area contributed by atoms with Crippen LogP contribution in [-0.2, 0) is 9.53 Å². The minimum atomic E-state index is -0.525. The summed E-state index contributed by atoms with van der Waals surface area (Å²) in [6.07, 6.45) is 3.52. The molecule has 0 aliphatic carbocycles. The third kappa shape index (κ3) is 6.94. The van der Waals surface area contributed by atoms with Gasteiger partial charge in [0.15, 0.2) is 0 Å². The van der Waals surface area contributed by atoms with E-state index in [0.29, 0.717) is 38.0 Å². The largest absolute Gasteiger partial charge is 0.444 e. The van der Waals surface area contributed by atoms with Crippen LogP contribution in [0.25, 0.3) is 0 Å². The van der Waals surface area contributed by atoms with E-state index in [9.17, 15) is 9.59 Å². The van der Waals surface area contributed by atoms with Crippen molar-refractivity contribution < 1.29 is 14.3 Å². The molecular formula is C23H41N5O3. The van der Waals surface area contributed by atoms with Crippen LogP contribution in [0.15, 0.2) is 6.20 Å². The molecule has 1 aromatic rings. The van der Waals surface area contributed by atoms with Crippen molar-refractivity contribution in [3.8, 4) is 0 Å². The Morgan fingerprint density at radius 1 is 1.06 bits per heavy atom. The van der Waals surface area contributed by atoms with Crippen LogP contribution in [0.1, 0.15) is 85.9 Å². The van der Waals surface area contributed by atoms with Gasteiger partial charge in [0.25, 0.3) is 0 Å². The minimum absolute atomic E-state index is 0.0474. The number of carbonyl (C=O) groups excluding carboxylic acids is 2. The van der Waals surface area contributed by atoms with Crippen LogP contribution < -0.4 is 0 Å². The van der Waals surface area contributed by atoms with Crippen molar-refractivity contribution in [2.75, 3.05) is 26.2 Å². The lowest BCUT2D eigenvalue weighted by Crippen LogP contribution is -2.53. The van der Waals surface area contributed by atoms with Crippen LogP contribution in [-0.4, -0.2) is 68.6 Å². The van der Waals surface area contributed by atoms with Crippen LogP contribution in [0, 0.1) is 11.8 Å². The van der Waals surface area contributed by atoms with Gasteiger partial charge in [0.1, 0.15) is 11.6 Å². The van der Waals surface area contributed by atoms with Crippen LogP contribution in [0.5, 0.6) is 0 Å². The molecule has 3 atom stereocenters. The maximum Gasteiger partial charge on any atom is 0.410 e. The minimum Gasteiger partial charge on any atom is -0.444 e. The van der Waals surface area contributed by atoms with Gasteiger partial charge in [0.2, 0.25) is 5.91 Å². The van der Waals surface area contributed by atoms with E-state index in [0.717, 1.165) is 18.5 Å². The van der Waals surface area contributed by atoms with Crippen LogP contribution in [0.3, 0.4) is 0 Å². The van der Waals surface area contributed by atoms with E-state index in [1.165, 1.54) is 0 Å². The molecule has 0 N–H and O–H groups in total. The van der Waals surface area contributed by atoms with Gasteiger partial charge in [-0.05, 0) is 39.0 Å². The zero-order valence-electron chi connectivity index (χ0n) is 20.6. The highest BCUT2D eigenvalue weighted by Crippen LogP contribution is 2.27. The third-order valence-corrected chi connectivity index (χ3v) is 5.82. The second-order valence-corrected chi connectivity index (χ2v) is 10.3. The number of nitrogens with zero attached hydrogens (tertiary/aromatic N) is 5. The molecule has 176 valence electrons. The molecule has 0 radical (unpaired) electrons. The summed E-state index contributed by atoms with van der Waals surface area (Å²) >= 11 is 0. The molecule has 0 unspecified atom stereocenters. The van der Waals surface area contributed by atoms with Gasteiger partial charge in [0, 0.05) is 38.3 Å². The summed E-state index contributed by atoms with van der Waals surface area (Å²) in [5, 5.41) is 8.72. The Balaban J connectivity index is 2.08. The molecule has 0 spiro atoms. The van der Waals surface area contributed by atoms with Crippen molar-refractivity contribution in [2.45, 2.75) is 85.8 Å². The van der Waals surface area contributed by atoms with Gasteiger partial charge in [-0.3, -0.25) is 4.79 Å². The molecule has 0 saturated carbocycles. The number of amides is 2. The molecule has 1 aliphatic rings. The fourth-order valence-corrected chi connectivity index (χ4v) is 3.94. The Kier molecular flexibility index (Phi) is 8.49. The number of ether oxygens (including phenoxy) is 1. The number of carbonyl (C=O) groups is 2. The zero-order chi connectivity index (χ0) is 23.3. The summed E-state index contributed by atoms with van der Waals surface area (Å²) in [7, 11) is 0. The highest BCUT2D eigenvalue weighted by atomic mass is 16.6. The number of hydrogen-bond donors (Lipinski definition) is 0. The van der Waals surface area contributed by atoms with Gasteiger partial charge in [-0.25, -0.2) is 9.48 Å². The van der Waals surface area contributed by atoms with Crippen molar-refractivity contribution in [2.24, 2.45) is 11.8 Å². The normalized spacial score (nSPS) is 18.1. The first-order valence-electron chi connectivity index (χ1n) is 11.6. The van der Waals surface area contributed by atoms with E-state index in [1.807, 2.05) is 31.9 Å². The fraction of sp³-hybridized carbons (Fsp3) is 0.826. The summed E-state index contributed by atoms with van der Waals surface area (Å²) in [5.41, 5.74) is 0.410.